The summed E-state index contributed by atoms with van der Waals surface area (Å²) < 4.78 is 37.4. The van der Waals surface area contributed by atoms with Crippen molar-refractivity contribution in [2.75, 3.05) is 13.2 Å². The molecule has 0 radical (unpaired) electrons. The average Bonchev–Trinajstić information content (AvgIpc) is 2.78. The van der Waals surface area contributed by atoms with Crippen molar-refractivity contribution < 1.29 is 22.3 Å². The summed E-state index contributed by atoms with van der Waals surface area (Å²) in [5.74, 6) is 0. The fourth-order valence-electron chi connectivity index (χ4n) is 4.19. The molecule has 0 fully saturated rings. The molecule has 0 saturated heterocycles. The van der Waals surface area contributed by atoms with Crippen LogP contribution in [0.15, 0.2) is 0 Å². The molecule has 0 saturated carbocycles. The Bertz CT molecular complexity index is 426. The molecule has 0 aromatic carbocycles. The maximum atomic E-state index is 8.74. The third-order valence-electron chi connectivity index (χ3n) is 6.28. The van der Waals surface area contributed by atoms with E-state index >= 15 is 0 Å². The van der Waals surface area contributed by atoms with Gasteiger partial charge in [-0.05, 0) is 12.8 Å². The molecule has 5 nitrogen and oxygen atoms in total. The minimum atomic E-state index is -4.67. The van der Waals surface area contributed by atoms with E-state index in [-0.39, 0.29) is 51.4 Å². The molecule has 0 spiro atoms. The summed E-state index contributed by atoms with van der Waals surface area (Å²) in [6, 6.07) is 0. The summed E-state index contributed by atoms with van der Waals surface area (Å²) in [5.41, 5.74) is 0. The van der Waals surface area contributed by atoms with E-state index < -0.39 is 10.4 Å². The predicted molar refractivity (Wildman–Crippen MR) is 154 cm³/mol. The molecule has 0 aliphatic rings. The molecule has 0 heterocycles. The van der Waals surface area contributed by atoms with Crippen LogP contribution < -0.4 is 0 Å². The summed E-state index contributed by atoms with van der Waals surface area (Å²) in [6.45, 7) is 6.58. The first-order valence-electron chi connectivity index (χ1n) is 14.7. The van der Waals surface area contributed by atoms with Crippen LogP contribution in [-0.2, 0) is 15.1 Å². The first kappa shape index (κ1) is 41.0. The van der Waals surface area contributed by atoms with Crippen LogP contribution in [-0.4, -0.2) is 82.1 Å². The molecular weight excluding hydrogens is 487 g/mol. The predicted octanol–water partition coefficient (Wildman–Crippen LogP) is 9.10. The Labute approximate surface area is 262 Å². The summed E-state index contributed by atoms with van der Waals surface area (Å²) in [6.07, 6.45) is 34.1. The molecule has 35 heavy (non-hydrogen) atoms. The molecule has 0 aromatic heterocycles. The second-order valence-corrected chi connectivity index (χ2v) is 10.7. The molecule has 2 N–H and O–H groups in total. The van der Waals surface area contributed by atoms with Crippen molar-refractivity contribution in [3.8, 4) is 0 Å². The molecule has 0 aliphatic heterocycles. The molecule has 0 aliphatic carbocycles. The molecule has 0 atom stereocenters. The van der Waals surface area contributed by atoms with Gasteiger partial charge in [-0.15, -0.1) is 0 Å². The zero-order valence-corrected chi connectivity index (χ0v) is 23.7. The third-order valence-corrected chi connectivity index (χ3v) is 6.28. The Balaban J connectivity index is -0.00000154. The van der Waals surface area contributed by atoms with Gasteiger partial charge >= 0.3 is 61.8 Å². The van der Waals surface area contributed by atoms with Crippen molar-refractivity contribution >= 4 is 61.8 Å². The first-order chi connectivity index (χ1) is 16.4. The van der Waals surface area contributed by atoms with Gasteiger partial charge in [-0.25, -0.2) is 0 Å². The number of unbranched alkanes of at least 4 members (excludes halogenated alkanes) is 22. The first-order valence-corrected chi connectivity index (χ1v) is 16.1. The van der Waals surface area contributed by atoms with Crippen molar-refractivity contribution in [2.24, 2.45) is 0 Å². The topological polar surface area (TPSA) is 83.8 Å². The summed E-state index contributed by atoms with van der Waals surface area (Å²) >= 11 is 0. The van der Waals surface area contributed by atoms with Crippen molar-refractivity contribution in [1.82, 2.24) is 0 Å². The Morgan fingerprint density at radius 3 is 0.800 bits per heavy atom. The van der Waals surface area contributed by atoms with E-state index in [4.69, 9.17) is 22.3 Å². The van der Waals surface area contributed by atoms with Gasteiger partial charge in [-0.1, -0.05) is 155 Å². The van der Waals surface area contributed by atoms with Gasteiger partial charge in [0.2, 0.25) is 0 Å². The van der Waals surface area contributed by atoms with Crippen molar-refractivity contribution in [3.63, 3.8) is 0 Å². The van der Waals surface area contributed by atoms with E-state index in [0.29, 0.717) is 0 Å². The minimum absolute atomic E-state index is 0. The zero-order valence-electron chi connectivity index (χ0n) is 22.9. The van der Waals surface area contributed by atoms with Crippen LogP contribution in [0, 0.1) is 0 Å². The quantitative estimate of drug-likeness (QED) is 0.0639. The average molecular weight is 549 g/mol. The number of rotatable bonds is 26. The van der Waals surface area contributed by atoms with Crippen LogP contribution in [0.25, 0.3) is 0 Å². The molecule has 0 rings (SSSR count). The van der Waals surface area contributed by atoms with Crippen molar-refractivity contribution in [1.29, 1.82) is 0 Å². The van der Waals surface area contributed by atoms with E-state index in [9.17, 15) is 0 Å². The summed E-state index contributed by atoms with van der Waals surface area (Å²) in [7, 11) is -4.67. The molecule has 0 amide bonds. The molecule has 0 bridgehead atoms. The van der Waals surface area contributed by atoms with E-state index in [2.05, 4.69) is 13.8 Å². The summed E-state index contributed by atoms with van der Waals surface area (Å²) in [4.78, 5) is 0. The van der Waals surface area contributed by atoms with Crippen LogP contribution >= 0.6 is 0 Å². The van der Waals surface area contributed by atoms with Gasteiger partial charge in [0.1, 0.15) is 0 Å². The number of hydrogen-bond acceptors (Lipinski definition) is 3. The fourth-order valence-corrected chi connectivity index (χ4v) is 4.19. The van der Waals surface area contributed by atoms with E-state index in [1.807, 2.05) is 0 Å². The third kappa shape index (κ3) is 52.7. The van der Waals surface area contributed by atoms with Crippen molar-refractivity contribution in [2.45, 2.75) is 168 Å². The van der Waals surface area contributed by atoms with Gasteiger partial charge in [0.05, 0.1) is 0 Å². The van der Waals surface area contributed by atoms with Crippen LogP contribution in [0.1, 0.15) is 168 Å². The summed E-state index contributed by atoms with van der Waals surface area (Å²) in [5, 5.41) is 0. The Kier molecular flexibility index (Phi) is 41.5. The molecular formula is C28H61KO5S. The second-order valence-electron chi connectivity index (χ2n) is 9.84. The van der Waals surface area contributed by atoms with Gasteiger partial charge in [-0.2, -0.15) is 8.42 Å². The van der Waals surface area contributed by atoms with Crippen LogP contribution in [0.4, 0.5) is 0 Å². The van der Waals surface area contributed by atoms with Gasteiger partial charge in [0.25, 0.3) is 0 Å². The zero-order chi connectivity index (χ0) is 25.6. The number of hydrogen-bond donors (Lipinski definition) is 2. The Hall–Kier alpha value is 1.47. The SMILES string of the molecule is CCCCCCCCCCCCCCOCCCCCCCCCCCCCC.O=S(=O)(O)O.[KH]. The fraction of sp³-hybridized carbons (Fsp3) is 1.00. The van der Waals surface area contributed by atoms with Crippen LogP contribution in [0.2, 0.25) is 0 Å². The van der Waals surface area contributed by atoms with E-state index in [1.54, 1.807) is 0 Å². The molecule has 7 heteroatoms. The van der Waals surface area contributed by atoms with Gasteiger partial charge in [0.15, 0.2) is 0 Å². The standard InChI is InChI=1S/C28H58O.K.H2O4S.H/c1-3-5-7-9-11-13-15-17-19-21-23-25-27-29-28-26-24-22-20-18-16-14-12-10-8-6-4-2;;1-5(2,3)4;/h3-28H2,1-2H3;;(H2,1,2,3,4);. The van der Waals surface area contributed by atoms with Crippen LogP contribution in [0.3, 0.4) is 0 Å². The molecule has 210 valence electrons. The Morgan fingerprint density at radius 2 is 0.600 bits per heavy atom. The van der Waals surface area contributed by atoms with E-state index in [1.165, 1.54) is 154 Å². The van der Waals surface area contributed by atoms with Gasteiger partial charge < -0.3 is 4.74 Å². The van der Waals surface area contributed by atoms with Crippen molar-refractivity contribution in [3.05, 3.63) is 0 Å². The van der Waals surface area contributed by atoms with Gasteiger partial charge in [0, 0.05) is 13.2 Å². The van der Waals surface area contributed by atoms with Crippen LogP contribution in [0.5, 0.6) is 0 Å². The molecule has 0 aromatic rings. The second kappa shape index (κ2) is 35.5. The monoisotopic (exact) mass is 548 g/mol. The number of ether oxygens (including phenoxy) is 1. The van der Waals surface area contributed by atoms with Gasteiger partial charge in [-0.3, -0.25) is 9.11 Å². The molecule has 0 unspecified atom stereocenters. The maximum absolute atomic E-state index is 8.74. The Morgan fingerprint density at radius 1 is 0.429 bits per heavy atom. The normalized spacial score (nSPS) is 11.1. The van der Waals surface area contributed by atoms with E-state index in [0.717, 1.165) is 13.2 Å².